The SMILES string of the molecule is CN=C(NCCSC)NCC(c1c(F)cccc1Cl)N1CCCC1.I. The molecule has 0 aromatic heterocycles. The van der Waals surface area contributed by atoms with Gasteiger partial charge in [-0.3, -0.25) is 9.89 Å². The van der Waals surface area contributed by atoms with E-state index in [1.165, 1.54) is 6.07 Å². The number of guanidine groups is 1. The Morgan fingerprint density at radius 3 is 2.68 bits per heavy atom. The molecule has 1 aliphatic rings. The zero-order valence-electron chi connectivity index (χ0n) is 14.7. The van der Waals surface area contributed by atoms with Crippen LogP contribution in [0.4, 0.5) is 4.39 Å². The summed E-state index contributed by atoms with van der Waals surface area (Å²) in [6.07, 6.45) is 4.36. The molecule has 1 heterocycles. The van der Waals surface area contributed by atoms with Gasteiger partial charge in [0.25, 0.3) is 0 Å². The average Bonchev–Trinajstić information content (AvgIpc) is 3.10. The Bertz CT molecular complexity index is 535. The van der Waals surface area contributed by atoms with E-state index >= 15 is 0 Å². The van der Waals surface area contributed by atoms with E-state index in [1.807, 2.05) is 0 Å². The fourth-order valence-corrected chi connectivity index (χ4v) is 3.58. The highest BCUT2D eigenvalue weighted by Gasteiger charge is 2.27. The van der Waals surface area contributed by atoms with Crippen molar-refractivity contribution in [2.75, 3.05) is 45.2 Å². The van der Waals surface area contributed by atoms with Crippen molar-refractivity contribution in [3.8, 4) is 0 Å². The first-order chi connectivity index (χ1) is 11.7. The number of rotatable bonds is 7. The van der Waals surface area contributed by atoms with Gasteiger partial charge in [-0.05, 0) is 44.3 Å². The number of nitrogens with one attached hydrogen (secondary N) is 2. The third kappa shape index (κ3) is 6.77. The number of aliphatic imine (C=N–C) groups is 1. The van der Waals surface area contributed by atoms with Crippen molar-refractivity contribution in [3.05, 3.63) is 34.6 Å². The lowest BCUT2D eigenvalue weighted by molar-refractivity contribution is 0.240. The minimum Gasteiger partial charge on any atom is -0.356 e. The van der Waals surface area contributed by atoms with Gasteiger partial charge in [0.05, 0.1) is 6.04 Å². The van der Waals surface area contributed by atoms with Gasteiger partial charge in [-0.1, -0.05) is 17.7 Å². The predicted molar refractivity (Wildman–Crippen MR) is 118 cm³/mol. The minimum absolute atomic E-state index is 0. The highest BCUT2D eigenvalue weighted by molar-refractivity contribution is 14.0. The minimum atomic E-state index is -0.244. The van der Waals surface area contributed by atoms with E-state index in [2.05, 4.69) is 26.8 Å². The number of nitrogens with zero attached hydrogens (tertiary/aromatic N) is 2. The number of likely N-dealkylation sites (tertiary alicyclic amines) is 1. The summed E-state index contributed by atoms with van der Waals surface area (Å²) in [5.74, 6) is 1.50. The van der Waals surface area contributed by atoms with Crippen molar-refractivity contribution in [3.63, 3.8) is 0 Å². The van der Waals surface area contributed by atoms with E-state index < -0.39 is 0 Å². The molecule has 0 spiro atoms. The Hall–Kier alpha value is -0.250. The van der Waals surface area contributed by atoms with Crippen LogP contribution in [0.2, 0.25) is 5.02 Å². The van der Waals surface area contributed by atoms with Crippen LogP contribution in [-0.2, 0) is 0 Å². The van der Waals surface area contributed by atoms with Crippen LogP contribution in [0.5, 0.6) is 0 Å². The van der Waals surface area contributed by atoms with E-state index in [1.54, 1.807) is 30.9 Å². The molecule has 1 unspecified atom stereocenters. The Morgan fingerprint density at radius 2 is 2.08 bits per heavy atom. The van der Waals surface area contributed by atoms with Crippen LogP contribution < -0.4 is 10.6 Å². The monoisotopic (exact) mass is 500 g/mol. The molecule has 0 radical (unpaired) electrons. The summed E-state index contributed by atoms with van der Waals surface area (Å²) in [6.45, 7) is 3.35. The fourth-order valence-electron chi connectivity index (χ4n) is 2.98. The summed E-state index contributed by atoms with van der Waals surface area (Å²) < 4.78 is 14.4. The molecule has 1 saturated heterocycles. The predicted octanol–water partition coefficient (Wildman–Crippen LogP) is 3.76. The zero-order valence-corrected chi connectivity index (χ0v) is 18.6. The van der Waals surface area contributed by atoms with Gasteiger partial charge in [-0.15, -0.1) is 24.0 Å². The molecule has 2 N–H and O–H groups in total. The van der Waals surface area contributed by atoms with Crippen molar-refractivity contribution < 1.29 is 4.39 Å². The maximum atomic E-state index is 14.4. The van der Waals surface area contributed by atoms with E-state index in [0.717, 1.165) is 44.2 Å². The van der Waals surface area contributed by atoms with Gasteiger partial charge in [0.15, 0.2) is 5.96 Å². The van der Waals surface area contributed by atoms with Gasteiger partial charge in [-0.2, -0.15) is 11.8 Å². The first-order valence-electron chi connectivity index (χ1n) is 8.28. The average molecular weight is 501 g/mol. The van der Waals surface area contributed by atoms with E-state index in [9.17, 15) is 4.39 Å². The zero-order chi connectivity index (χ0) is 17.4. The van der Waals surface area contributed by atoms with Gasteiger partial charge >= 0.3 is 0 Å². The van der Waals surface area contributed by atoms with Crippen molar-refractivity contribution in [2.24, 2.45) is 4.99 Å². The summed E-state index contributed by atoms with van der Waals surface area (Å²) >= 11 is 8.09. The number of hydrogen-bond acceptors (Lipinski definition) is 3. The molecule has 0 saturated carbocycles. The largest absolute Gasteiger partial charge is 0.356 e. The van der Waals surface area contributed by atoms with E-state index in [-0.39, 0.29) is 35.8 Å². The second-order valence-electron chi connectivity index (χ2n) is 5.77. The highest BCUT2D eigenvalue weighted by atomic mass is 127. The lowest BCUT2D eigenvalue weighted by Gasteiger charge is -2.29. The van der Waals surface area contributed by atoms with Gasteiger partial charge in [0.2, 0.25) is 0 Å². The summed E-state index contributed by atoms with van der Waals surface area (Å²) in [5, 5.41) is 7.08. The van der Waals surface area contributed by atoms with Crippen molar-refractivity contribution >= 4 is 53.3 Å². The van der Waals surface area contributed by atoms with Crippen molar-refractivity contribution in [1.82, 2.24) is 15.5 Å². The van der Waals surface area contributed by atoms with Gasteiger partial charge in [-0.25, -0.2) is 4.39 Å². The standard InChI is InChI=1S/C17H26ClFN4S.HI/c1-20-17(21-8-11-24-2)22-12-15(23-9-3-4-10-23)16-13(18)6-5-7-14(16)19;/h5-7,15H,3-4,8-12H2,1-2H3,(H2,20,21,22);1H. The van der Waals surface area contributed by atoms with Crippen LogP contribution in [0.15, 0.2) is 23.2 Å². The van der Waals surface area contributed by atoms with Crippen LogP contribution in [-0.4, -0.2) is 56.1 Å². The van der Waals surface area contributed by atoms with E-state index in [0.29, 0.717) is 17.1 Å². The van der Waals surface area contributed by atoms with E-state index in [4.69, 9.17) is 11.6 Å². The molecular formula is C17H27ClFIN4S. The summed E-state index contributed by atoms with van der Waals surface area (Å²) in [7, 11) is 1.75. The van der Waals surface area contributed by atoms with Gasteiger partial charge in [0, 0.05) is 36.5 Å². The number of thioether (sulfide) groups is 1. The number of benzene rings is 1. The number of hydrogen-bond donors (Lipinski definition) is 2. The van der Waals surface area contributed by atoms with Crippen LogP contribution in [0.25, 0.3) is 0 Å². The lowest BCUT2D eigenvalue weighted by Crippen LogP contribution is -2.43. The van der Waals surface area contributed by atoms with Gasteiger partial charge < -0.3 is 10.6 Å². The first-order valence-corrected chi connectivity index (χ1v) is 10.1. The Morgan fingerprint density at radius 1 is 1.36 bits per heavy atom. The van der Waals surface area contributed by atoms with Crippen LogP contribution in [0.1, 0.15) is 24.4 Å². The molecule has 1 aromatic carbocycles. The van der Waals surface area contributed by atoms with Gasteiger partial charge in [0.1, 0.15) is 5.82 Å². The Balaban J connectivity index is 0.00000312. The quantitative estimate of drug-likeness (QED) is 0.259. The Labute approximate surface area is 176 Å². The Kier molecular flexibility index (Phi) is 11.1. The van der Waals surface area contributed by atoms with Crippen molar-refractivity contribution in [2.45, 2.75) is 18.9 Å². The molecule has 1 atom stereocenters. The van der Waals surface area contributed by atoms with Crippen LogP contribution in [0.3, 0.4) is 0 Å². The topological polar surface area (TPSA) is 39.7 Å². The molecule has 1 aliphatic heterocycles. The molecule has 4 nitrogen and oxygen atoms in total. The van der Waals surface area contributed by atoms with Crippen molar-refractivity contribution in [1.29, 1.82) is 0 Å². The molecule has 0 aliphatic carbocycles. The molecule has 1 fully saturated rings. The lowest BCUT2D eigenvalue weighted by atomic mass is 10.0. The number of halogens is 3. The third-order valence-electron chi connectivity index (χ3n) is 4.20. The normalized spacial score (nSPS) is 16.4. The third-order valence-corrected chi connectivity index (χ3v) is 5.14. The fraction of sp³-hybridized carbons (Fsp3) is 0.588. The molecule has 2 rings (SSSR count). The van der Waals surface area contributed by atoms with Crippen LogP contribution >= 0.6 is 47.3 Å². The smallest absolute Gasteiger partial charge is 0.191 e. The molecule has 0 bridgehead atoms. The molecular weight excluding hydrogens is 474 g/mol. The molecule has 8 heteroatoms. The highest BCUT2D eigenvalue weighted by Crippen LogP contribution is 2.31. The summed E-state index contributed by atoms with van der Waals surface area (Å²) in [5.41, 5.74) is 0.577. The maximum Gasteiger partial charge on any atom is 0.191 e. The second-order valence-corrected chi connectivity index (χ2v) is 7.16. The maximum absolute atomic E-state index is 14.4. The molecule has 0 amide bonds. The first kappa shape index (κ1) is 22.8. The van der Waals surface area contributed by atoms with Crippen LogP contribution in [0, 0.1) is 5.82 Å². The second kappa shape index (κ2) is 12.2. The summed E-state index contributed by atoms with van der Waals surface area (Å²) in [4.78, 5) is 6.53. The molecule has 25 heavy (non-hydrogen) atoms. The summed E-state index contributed by atoms with van der Waals surface area (Å²) in [6, 6.07) is 4.79. The molecule has 1 aromatic rings. The molecule has 142 valence electrons.